The van der Waals surface area contributed by atoms with Crippen molar-refractivity contribution in [2.75, 3.05) is 0 Å². The zero-order valence-corrected chi connectivity index (χ0v) is 6.92. The van der Waals surface area contributed by atoms with Gasteiger partial charge in [0.2, 0.25) is 0 Å². The molecule has 68 valence electrons. The molecule has 5 nitrogen and oxygen atoms in total. The highest BCUT2D eigenvalue weighted by molar-refractivity contribution is 5.01. The van der Waals surface area contributed by atoms with E-state index in [1.807, 2.05) is 12.1 Å². The molecular weight excluding hydrogens is 170 g/mol. The third-order valence-electron chi connectivity index (χ3n) is 1.75. The number of hydrogen-bond donors (Lipinski definition) is 1. The van der Waals surface area contributed by atoms with Crippen LogP contribution >= 0.6 is 0 Å². The molecule has 2 aromatic rings. The smallest absolute Gasteiger partial charge is 0.125 e. The van der Waals surface area contributed by atoms with E-state index >= 15 is 0 Å². The van der Waals surface area contributed by atoms with Gasteiger partial charge in [-0.3, -0.25) is 0 Å². The SMILES string of the molecule is OCc1cnnn1Cc1ccco1. The van der Waals surface area contributed by atoms with Crippen LogP contribution in [0.5, 0.6) is 0 Å². The topological polar surface area (TPSA) is 64.1 Å². The summed E-state index contributed by atoms with van der Waals surface area (Å²) in [6, 6.07) is 3.66. The van der Waals surface area contributed by atoms with Crippen LogP contribution in [0.4, 0.5) is 0 Å². The van der Waals surface area contributed by atoms with E-state index in [1.54, 1.807) is 10.9 Å². The molecule has 2 aromatic heterocycles. The highest BCUT2D eigenvalue weighted by atomic mass is 16.3. The number of nitrogens with zero attached hydrogens (tertiary/aromatic N) is 3. The Morgan fingerprint density at radius 3 is 3.15 bits per heavy atom. The van der Waals surface area contributed by atoms with Gasteiger partial charge in [-0.05, 0) is 12.1 Å². The third-order valence-corrected chi connectivity index (χ3v) is 1.75. The van der Waals surface area contributed by atoms with Crippen molar-refractivity contribution in [1.29, 1.82) is 0 Å². The zero-order chi connectivity index (χ0) is 9.10. The molecule has 0 amide bonds. The van der Waals surface area contributed by atoms with Crippen LogP contribution in [0.1, 0.15) is 11.5 Å². The lowest BCUT2D eigenvalue weighted by molar-refractivity contribution is 0.268. The molecule has 13 heavy (non-hydrogen) atoms. The van der Waals surface area contributed by atoms with Gasteiger partial charge in [0.25, 0.3) is 0 Å². The molecule has 0 fully saturated rings. The van der Waals surface area contributed by atoms with E-state index in [4.69, 9.17) is 9.52 Å². The summed E-state index contributed by atoms with van der Waals surface area (Å²) in [6.07, 6.45) is 3.13. The standard InChI is InChI=1S/C8H9N3O2/c12-6-7-4-9-10-11(7)5-8-2-1-3-13-8/h1-4,12H,5-6H2. The van der Waals surface area contributed by atoms with Crippen molar-refractivity contribution < 1.29 is 9.52 Å². The van der Waals surface area contributed by atoms with E-state index in [0.717, 1.165) is 5.76 Å². The van der Waals surface area contributed by atoms with Gasteiger partial charge in [0.15, 0.2) is 0 Å². The quantitative estimate of drug-likeness (QED) is 0.741. The molecule has 0 aromatic carbocycles. The maximum Gasteiger partial charge on any atom is 0.125 e. The lowest BCUT2D eigenvalue weighted by atomic mass is 10.4. The summed E-state index contributed by atoms with van der Waals surface area (Å²) in [5.74, 6) is 0.792. The van der Waals surface area contributed by atoms with E-state index in [2.05, 4.69) is 10.3 Å². The van der Waals surface area contributed by atoms with Crippen LogP contribution in [0.3, 0.4) is 0 Å². The Hall–Kier alpha value is -1.62. The Morgan fingerprint density at radius 2 is 2.46 bits per heavy atom. The monoisotopic (exact) mass is 179 g/mol. The summed E-state index contributed by atoms with van der Waals surface area (Å²) < 4.78 is 6.73. The molecule has 0 saturated carbocycles. The number of aliphatic hydroxyl groups excluding tert-OH is 1. The first kappa shape index (κ1) is 8.00. The van der Waals surface area contributed by atoms with Crippen molar-refractivity contribution in [3.8, 4) is 0 Å². The third kappa shape index (κ3) is 1.59. The second kappa shape index (κ2) is 3.40. The second-order valence-corrected chi connectivity index (χ2v) is 2.62. The van der Waals surface area contributed by atoms with Crippen LogP contribution in [-0.2, 0) is 13.2 Å². The molecule has 0 saturated heterocycles. The largest absolute Gasteiger partial charge is 0.467 e. The summed E-state index contributed by atoms with van der Waals surface area (Å²) in [7, 11) is 0. The fraction of sp³-hybridized carbons (Fsp3) is 0.250. The Bertz CT molecular complexity index is 366. The lowest BCUT2D eigenvalue weighted by Crippen LogP contribution is -2.05. The van der Waals surface area contributed by atoms with Gasteiger partial charge >= 0.3 is 0 Å². The minimum atomic E-state index is -0.0618. The Kier molecular flexibility index (Phi) is 2.09. The van der Waals surface area contributed by atoms with Crippen LogP contribution in [0, 0.1) is 0 Å². The highest BCUT2D eigenvalue weighted by Crippen LogP contribution is 2.04. The van der Waals surface area contributed by atoms with Gasteiger partial charge < -0.3 is 9.52 Å². The molecular formula is C8H9N3O2. The molecule has 0 aliphatic carbocycles. The number of aromatic nitrogens is 3. The molecule has 0 spiro atoms. The van der Waals surface area contributed by atoms with Crippen molar-refractivity contribution in [2.45, 2.75) is 13.2 Å². The average Bonchev–Trinajstić information content (AvgIpc) is 2.76. The van der Waals surface area contributed by atoms with Crippen molar-refractivity contribution in [2.24, 2.45) is 0 Å². The summed E-state index contributed by atoms with van der Waals surface area (Å²) in [5.41, 5.74) is 0.677. The first-order chi connectivity index (χ1) is 6.40. The minimum absolute atomic E-state index is 0.0618. The molecule has 0 radical (unpaired) electrons. The molecule has 2 rings (SSSR count). The van der Waals surface area contributed by atoms with Crippen LogP contribution < -0.4 is 0 Å². The normalized spacial score (nSPS) is 10.5. The van der Waals surface area contributed by atoms with Gasteiger partial charge in [-0.2, -0.15) is 0 Å². The Labute approximate surface area is 74.6 Å². The number of hydrogen-bond acceptors (Lipinski definition) is 4. The summed E-state index contributed by atoms with van der Waals surface area (Å²) >= 11 is 0. The average molecular weight is 179 g/mol. The summed E-state index contributed by atoms with van der Waals surface area (Å²) in [5, 5.41) is 16.4. The number of furan rings is 1. The van der Waals surface area contributed by atoms with E-state index in [-0.39, 0.29) is 6.61 Å². The number of rotatable bonds is 3. The summed E-state index contributed by atoms with van der Waals surface area (Å²) in [4.78, 5) is 0. The van der Waals surface area contributed by atoms with Crippen molar-refractivity contribution >= 4 is 0 Å². The maximum absolute atomic E-state index is 8.90. The number of aliphatic hydroxyl groups is 1. The van der Waals surface area contributed by atoms with Gasteiger partial charge in [0.1, 0.15) is 12.3 Å². The predicted octanol–water partition coefficient (Wildman–Crippen LogP) is 0.412. The lowest BCUT2D eigenvalue weighted by Gasteiger charge is -2.00. The van der Waals surface area contributed by atoms with Gasteiger partial charge in [-0.15, -0.1) is 5.10 Å². The van der Waals surface area contributed by atoms with Gasteiger partial charge in [-0.1, -0.05) is 5.21 Å². The second-order valence-electron chi connectivity index (χ2n) is 2.62. The molecule has 0 bridgehead atoms. The van der Waals surface area contributed by atoms with E-state index < -0.39 is 0 Å². The van der Waals surface area contributed by atoms with Crippen molar-refractivity contribution in [1.82, 2.24) is 15.0 Å². The van der Waals surface area contributed by atoms with Crippen LogP contribution in [0.25, 0.3) is 0 Å². The van der Waals surface area contributed by atoms with E-state index in [0.29, 0.717) is 12.2 Å². The van der Waals surface area contributed by atoms with Crippen LogP contribution in [0.2, 0.25) is 0 Å². The first-order valence-electron chi connectivity index (χ1n) is 3.91. The molecule has 5 heteroatoms. The van der Waals surface area contributed by atoms with E-state index in [9.17, 15) is 0 Å². The first-order valence-corrected chi connectivity index (χ1v) is 3.91. The predicted molar refractivity (Wildman–Crippen MR) is 43.8 cm³/mol. The molecule has 0 atom stereocenters. The molecule has 0 aliphatic heterocycles. The molecule has 1 N–H and O–H groups in total. The zero-order valence-electron chi connectivity index (χ0n) is 6.92. The van der Waals surface area contributed by atoms with Gasteiger partial charge in [0, 0.05) is 0 Å². The molecule has 0 aliphatic rings. The summed E-state index contributed by atoms with van der Waals surface area (Å²) in [6.45, 7) is 0.441. The van der Waals surface area contributed by atoms with E-state index in [1.165, 1.54) is 6.20 Å². The van der Waals surface area contributed by atoms with Crippen molar-refractivity contribution in [3.05, 3.63) is 36.0 Å². The minimum Gasteiger partial charge on any atom is -0.467 e. The van der Waals surface area contributed by atoms with Crippen LogP contribution in [0.15, 0.2) is 29.0 Å². The maximum atomic E-state index is 8.90. The Morgan fingerprint density at radius 1 is 1.54 bits per heavy atom. The fourth-order valence-corrected chi connectivity index (χ4v) is 1.08. The fourth-order valence-electron chi connectivity index (χ4n) is 1.08. The van der Waals surface area contributed by atoms with Crippen LogP contribution in [-0.4, -0.2) is 20.1 Å². The Balaban J connectivity index is 2.18. The molecule has 0 unspecified atom stereocenters. The van der Waals surface area contributed by atoms with Gasteiger partial charge in [-0.25, -0.2) is 4.68 Å². The van der Waals surface area contributed by atoms with Gasteiger partial charge in [0.05, 0.1) is 24.8 Å². The van der Waals surface area contributed by atoms with Crippen molar-refractivity contribution in [3.63, 3.8) is 0 Å². The molecule has 2 heterocycles. The highest BCUT2D eigenvalue weighted by Gasteiger charge is 2.04.